The van der Waals surface area contributed by atoms with Crippen LogP contribution in [0.25, 0.3) is 10.9 Å². The minimum atomic E-state index is -4.77. The average Bonchev–Trinajstić information content (AvgIpc) is 3.06. The minimum absolute atomic E-state index is 0.00286. The van der Waals surface area contributed by atoms with Crippen LogP contribution in [0.2, 0.25) is 0 Å². The number of alkyl halides is 6. The lowest BCUT2D eigenvalue weighted by Crippen LogP contribution is -2.39. The van der Waals surface area contributed by atoms with Crippen LogP contribution in [0.1, 0.15) is 36.3 Å². The number of rotatable bonds is 1. The van der Waals surface area contributed by atoms with E-state index in [0.29, 0.717) is 25.3 Å². The number of nitrogens with one attached hydrogen (secondary N) is 1. The fourth-order valence-corrected chi connectivity index (χ4v) is 4.45. The van der Waals surface area contributed by atoms with Crippen molar-refractivity contribution in [1.29, 1.82) is 0 Å². The van der Waals surface area contributed by atoms with Crippen LogP contribution in [0.5, 0.6) is 0 Å². The largest absolute Gasteiger partial charge is 0.417 e. The van der Waals surface area contributed by atoms with Gasteiger partial charge in [-0.05, 0) is 30.5 Å². The van der Waals surface area contributed by atoms with Crippen LogP contribution in [-0.4, -0.2) is 23.7 Å². The van der Waals surface area contributed by atoms with E-state index in [9.17, 15) is 31.1 Å². The maximum atomic E-state index is 13.5. The van der Waals surface area contributed by atoms with E-state index in [4.69, 9.17) is 0 Å². The Kier molecular flexibility index (Phi) is 3.58. The Morgan fingerprint density at radius 3 is 2.50 bits per heavy atom. The molecule has 2 atom stereocenters. The molecule has 0 saturated heterocycles. The molecule has 1 saturated carbocycles. The fraction of sp³-hybridized carbons (Fsp3) is 0.471. The number of fused-ring (bicyclic) bond motifs is 5. The summed E-state index contributed by atoms with van der Waals surface area (Å²) in [7, 11) is 0. The number of aromatic amines is 1. The van der Waals surface area contributed by atoms with Gasteiger partial charge in [0.2, 0.25) is 5.56 Å². The molecule has 0 radical (unpaired) electrons. The summed E-state index contributed by atoms with van der Waals surface area (Å²) >= 11 is 0. The molecule has 1 aliphatic heterocycles. The van der Waals surface area contributed by atoms with Crippen molar-refractivity contribution in [3.8, 4) is 0 Å². The Morgan fingerprint density at radius 2 is 1.85 bits per heavy atom. The quantitative estimate of drug-likeness (QED) is 0.741. The van der Waals surface area contributed by atoms with E-state index in [2.05, 4.69) is 4.98 Å². The maximum Gasteiger partial charge on any atom is 0.417 e. The van der Waals surface area contributed by atoms with Crippen LogP contribution in [0.3, 0.4) is 0 Å². The van der Waals surface area contributed by atoms with Crippen LogP contribution < -0.4 is 10.5 Å². The summed E-state index contributed by atoms with van der Waals surface area (Å²) in [5.41, 5.74) is -1.52. The average molecular weight is 376 g/mol. The second-order valence-corrected chi connectivity index (χ2v) is 6.81. The van der Waals surface area contributed by atoms with E-state index in [-0.39, 0.29) is 22.2 Å². The second-order valence-electron chi connectivity index (χ2n) is 6.81. The topological polar surface area (TPSA) is 36.1 Å². The normalized spacial score (nSPS) is 22.8. The standard InChI is InChI=1S/C17H14F6N2O/c18-16(19,20)7-25-11-3-1-2-8(11)14-12(25)5-4-10-15(14)9(17(21,22)23)6-13(26)24-10/h4-6,8,11H,1-3,7H2,(H,24,26). The van der Waals surface area contributed by atoms with E-state index in [1.807, 2.05) is 0 Å². The molecule has 0 bridgehead atoms. The molecule has 1 aromatic heterocycles. The van der Waals surface area contributed by atoms with Crippen LogP contribution in [-0.2, 0) is 6.18 Å². The molecule has 2 unspecified atom stereocenters. The van der Waals surface area contributed by atoms with Crippen molar-refractivity contribution in [2.45, 2.75) is 43.6 Å². The summed E-state index contributed by atoms with van der Waals surface area (Å²) in [5, 5.41) is -0.184. The Labute approximate surface area is 143 Å². The van der Waals surface area contributed by atoms with Gasteiger partial charge in [-0.15, -0.1) is 0 Å². The number of H-pyrrole nitrogens is 1. The van der Waals surface area contributed by atoms with Crippen LogP contribution in [0, 0.1) is 0 Å². The zero-order valence-electron chi connectivity index (χ0n) is 13.3. The van der Waals surface area contributed by atoms with Gasteiger partial charge in [0.05, 0.1) is 5.56 Å². The molecule has 1 aromatic carbocycles. The molecule has 1 aliphatic carbocycles. The number of benzene rings is 1. The first-order valence-electron chi connectivity index (χ1n) is 8.17. The smallest absolute Gasteiger partial charge is 0.359 e. The van der Waals surface area contributed by atoms with Crippen molar-refractivity contribution in [2.24, 2.45) is 0 Å². The molecule has 9 heteroatoms. The summed E-state index contributed by atoms with van der Waals surface area (Å²) in [4.78, 5) is 15.2. The molecule has 0 amide bonds. The molecule has 1 N–H and O–H groups in total. The SMILES string of the molecule is O=c1cc(C(F)(F)F)c2c3c(ccc2[nH]1)N(CC(F)(F)F)C1CCCC31. The summed E-state index contributed by atoms with van der Waals surface area (Å²) in [6.45, 7) is -1.20. The lowest BCUT2D eigenvalue weighted by Gasteiger charge is -2.27. The predicted molar refractivity (Wildman–Crippen MR) is 83.4 cm³/mol. The van der Waals surface area contributed by atoms with Crippen molar-refractivity contribution >= 4 is 16.6 Å². The van der Waals surface area contributed by atoms with Crippen LogP contribution in [0.15, 0.2) is 23.0 Å². The molecular formula is C17H14F6N2O. The third-order valence-corrected chi connectivity index (χ3v) is 5.24. The lowest BCUT2D eigenvalue weighted by molar-refractivity contribution is -0.136. The summed E-state index contributed by atoms with van der Waals surface area (Å²) in [5.74, 6) is -0.400. The van der Waals surface area contributed by atoms with E-state index in [1.165, 1.54) is 17.0 Å². The van der Waals surface area contributed by atoms with E-state index in [1.54, 1.807) is 0 Å². The van der Waals surface area contributed by atoms with Crippen LogP contribution in [0.4, 0.5) is 32.0 Å². The first kappa shape index (κ1) is 17.2. The predicted octanol–water partition coefficient (Wildman–Crippen LogP) is 4.57. The summed E-state index contributed by atoms with van der Waals surface area (Å²) < 4.78 is 79.7. The highest BCUT2D eigenvalue weighted by Gasteiger charge is 2.47. The first-order valence-corrected chi connectivity index (χ1v) is 8.17. The second kappa shape index (κ2) is 5.40. The van der Waals surface area contributed by atoms with Crippen LogP contribution >= 0.6 is 0 Å². The van der Waals surface area contributed by atoms with Crippen molar-refractivity contribution < 1.29 is 26.3 Å². The zero-order chi connectivity index (χ0) is 18.9. The van der Waals surface area contributed by atoms with Gasteiger partial charge in [-0.25, -0.2) is 0 Å². The van der Waals surface area contributed by atoms with Gasteiger partial charge < -0.3 is 9.88 Å². The van der Waals surface area contributed by atoms with Gasteiger partial charge in [-0.2, -0.15) is 26.3 Å². The molecule has 2 aliphatic rings. The Morgan fingerprint density at radius 1 is 1.12 bits per heavy atom. The van der Waals surface area contributed by atoms with Gasteiger partial charge in [-0.1, -0.05) is 6.42 Å². The van der Waals surface area contributed by atoms with Crippen molar-refractivity contribution in [3.63, 3.8) is 0 Å². The van der Waals surface area contributed by atoms with E-state index >= 15 is 0 Å². The molecule has 2 aromatic rings. The number of aromatic nitrogens is 1. The van der Waals surface area contributed by atoms with Gasteiger partial charge in [0.15, 0.2) is 0 Å². The lowest BCUT2D eigenvalue weighted by atomic mass is 9.91. The highest BCUT2D eigenvalue weighted by atomic mass is 19.4. The molecule has 0 spiro atoms. The van der Waals surface area contributed by atoms with Crippen molar-refractivity contribution in [3.05, 3.63) is 39.7 Å². The zero-order valence-corrected chi connectivity index (χ0v) is 13.3. The highest BCUT2D eigenvalue weighted by Crippen LogP contribution is 2.53. The number of halogens is 6. The summed E-state index contributed by atoms with van der Waals surface area (Å²) in [6, 6.07) is 2.66. The number of pyridine rings is 1. The number of hydrogen-bond donors (Lipinski definition) is 1. The number of hydrogen-bond acceptors (Lipinski definition) is 2. The van der Waals surface area contributed by atoms with E-state index in [0.717, 1.165) is 0 Å². The monoisotopic (exact) mass is 376 g/mol. The van der Waals surface area contributed by atoms with Gasteiger partial charge in [0.1, 0.15) is 6.54 Å². The maximum absolute atomic E-state index is 13.5. The van der Waals surface area contributed by atoms with Gasteiger partial charge in [-0.3, -0.25) is 4.79 Å². The molecular weight excluding hydrogens is 362 g/mol. The number of anilines is 1. The Bertz CT molecular complexity index is 930. The van der Waals surface area contributed by atoms with E-state index < -0.39 is 42.0 Å². The Balaban J connectivity index is 2.01. The number of nitrogens with zero attached hydrogens (tertiary/aromatic N) is 1. The highest BCUT2D eigenvalue weighted by molar-refractivity contribution is 5.93. The molecule has 2 heterocycles. The molecule has 3 nitrogen and oxygen atoms in total. The first-order chi connectivity index (χ1) is 12.1. The minimum Gasteiger partial charge on any atom is -0.359 e. The van der Waals surface area contributed by atoms with Gasteiger partial charge >= 0.3 is 12.4 Å². The Hall–Kier alpha value is -2.19. The molecule has 4 rings (SSSR count). The van der Waals surface area contributed by atoms with Gasteiger partial charge in [0.25, 0.3) is 0 Å². The third-order valence-electron chi connectivity index (χ3n) is 5.24. The third kappa shape index (κ3) is 2.64. The fourth-order valence-electron chi connectivity index (χ4n) is 4.45. The van der Waals surface area contributed by atoms with Crippen molar-refractivity contribution in [1.82, 2.24) is 4.98 Å². The molecule has 26 heavy (non-hydrogen) atoms. The molecule has 1 fully saturated rings. The molecule has 140 valence electrons. The summed E-state index contributed by atoms with van der Waals surface area (Å²) in [6.07, 6.45) is -7.54. The van der Waals surface area contributed by atoms with Crippen molar-refractivity contribution in [2.75, 3.05) is 11.4 Å². The van der Waals surface area contributed by atoms with Gasteiger partial charge in [0, 0.05) is 34.6 Å².